The highest BCUT2D eigenvalue weighted by molar-refractivity contribution is 5.87. The molecule has 1 saturated heterocycles. The molecule has 0 amide bonds. The predicted octanol–water partition coefficient (Wildman–Crippen LogP) is 1.70. The number of rotatable bonds is 4. The van der Waals surface area contributed by atoms with Crippen molar-refractivity contribution in [1.82, 2.24) is 19.5 Å². The molecule has 1 aliphatic heterocycles. The molecule has 0 saturated carbocycles. The van der Waals surface area contributed by atoms with Crippen LogP contribution in [0.25, 0.3) is 5.65 Å². The quantitative estimate of drug-likeness (QED) is 0.927. The summed E-state index contributed by atoms with van der Waals surface area (Å²) in [6, 6.07) is 3.27. The van der Waals surface area contributed by atoms with Crippen molar-refractivity contribution in [1.29, 1.82) is 0 Å². The van der Waals surface area contributed by atoms with Gasteiger partial charge in [0.2, 0.25) is 0 Å². The van der Waals surface area contributed by atoms with Crippen LogP contribution in [0.1, 0.15) is 35.9 Å². The standard InChI is InChI=1S/C15H20N4O2/c1-2-18-7-5-11(6-8-18)9-13-16-14-4-3-12(15(20)21)10-19(14)17-13/h3-4,10-11H,2,5-9H2,1H3,(H,20,21). The Hall–Kier alpha value is -1.95. The predicted molar refractivity (Wildman–Crippen MR) is 78.5 cm³/mol. The number of aromatic carboxylic acids is 1. The minimum Gasteiger partial charge on any atom is -0.478 e. The Balaban J connectivity index is 1.71. The smallest absolute Gasteiger partial charge is 0.337 e. The third kappa shape index (κ3) is 3.05. The minimum atomic E-state index is -0.944. The number of nitrogens with zero attached hydrogens (tertiary/aromatic N) is 4. The lowest BCUT2D eigenvalue weighted by Crippen LogP contribution is -2.34. The van der Waals surface area contributed by atoms with Crippen LogP contribution in [0.5, 0.6) is 0 Å². The van der Waals surface area contributed by atoms with Crippen LogP contribution in [-0.2, 0) is 6.42 Å². The van der Waals surface area contributed by atoms with E-state index in [1.807, 2.05) is 0 Å². The largest absolute Gasteiger partial charge is 0.478 e. The Labute approximate surface area is 123 Å². The van der Waals surface area contributed by atoms with Crippen LogP contribution >= 0.6 is 0 Å². The van der Waals surface area contributed by atoms with Gasteiger partial charge in [-0.25, -0.2) is 14.3 Å². The molecule has 21 heavy (non-hydrogen) atoms. The lowest BCUT2D eigenvalue weighted by Gasteiger charge is -2.30. The molecule has 1 aliphatic rings. The van der Waals surface area contributed by atoms with Gasteiger partial charge in [0.1, 0.15) is 0 Å². The highest BCUT2D eigenvalue weighted by atomic mass is 16.4. The van der Waals surface area contributed by atoms with Gasteiger partial charge in [-0.15, -0.1) is 0 Å². The summed E-state index contributed by atoms with van der Waals surface area (Å²) in [5, 5.41) is 13.4. The summed E-state index contributed by atoms with van der Waals surface area (Å²) in [5.74, 6) is 0.498. The van der Waals surface area contributed by atoms with Gasteiger partial charge in [-0.3, -0.25) is 0 Å². The number of pyridine rings is 1. The van der Waals surface area contributed by atoms with Crippen LogP contribution in [0.3, 0.4) is 0 Å². The molecule has 2 aromatic rings. The molecular weight excluding hydrogens is 268 g/mol. The molecule has 0 atom stereocenters. The molecular formula is C15H20N4O2. The Morgan fingerprint density at radius 3 is 2.81 bits per heavy atom. The number of carboxylic acids is 1. The van der Waals surface area contributed by atoms with E-state index >= 15 is 0 Å². The molecule has 0 unspecified atom stereocenters. The minimum absolute atomic E-state index is 0.232. The summed E-state index contributed by atoms with van der Waals surface area (Å²) in [6.45, 7) is 5.62. The zero-order valence-electron chi connectivity index (χ0n) is 12.2. The van der Waals surface area contributed by atoms with Gasteiger partial charge in [0.15, 0.2) is 11.5 Å². The van der Waals surface area contributed by atoms with Crippen LogP contribution in [0.2, 0.25) is 0 Å². The molecule has 0 aromatic carbocycles. The van der Waals surface area contributed by atoms with Gasteiger partial charge >= 0.3 is 5.97 Å². The van der Waals surface area contributed by atoms with Crippen molar-refractivity contribution in [2.45, 2.75) is 26.2 Å². The zero-order valence-corrected chi connectivity index (χ0v) is 12.2. The topological polar surface area (TPSA) is 70.7 Å². The number of hydrogen-bond acceptors (Lipinski definition) is 4. The second-order valence-electron chi connectivity index (χ2n) is 5.64. The van der Waals surface area contributed by atoms with E-state index in [0.29, 0.717) is 11.6 Å². The summed E-state index contributed by atoms with van der Waals surface area (Å²) in [7, 11) is 0. The van der Waals surface area contributed by atoms with E-state index in [2.05, 4.69) is 21.9 Å². The first-order valence-corrected chi connectivity index (χ1v) is 7.46. The van der Waals surface area contributed by atoms with E-state index < -0.39 is 5.97 Å². The second kappa shape index (κ2) is 5.81. The number of carbonyl (C=O) groups is 1. The summed E-state index contributed by atoms with van der Waals surface area (Å²) >= 11 is 0. The van der Waals surface area contributed by atoms with Gasteiger partial charge < -0.3 is 10.0 Å². The fourth-order valence-electron chi connectivity index (χ4n) is 2.91. The van der Waals surface area contributed by atoms with Gasteiger partial charge in [-0.1, -0.05) is 6.92 Å². The van der Waals surface area contributed by atoms with Gasteiger partial charge in [0, 0.05) is 12.6 Å². The number of fused-ring (bicyclic) bond motifs is 1. The maximum absolute atomic E-state index is 11.0. The molecule has 6 nitrogen and oxygen atoms in total. The summed E-state index contributed by atoms with van der Waals surface area (Å²) < 4.78 is 1.57. The van der Waals surface area contributed by atoms with Crippen molar-refractivity contribution in [3.8, 4) is 0 Å². The van der Waals surface area contributed by atoms with E-state index in [9.17, 15) is 4.79 Å². The SMILES string of the molecule is CCN1CCC(Cc2nc3ccc(C(=O)O)cn3n2)CC1. The van der Waals surface area contributed by atoms with Crippen LogP contribution in [0.15, 0.2) is 18.3 Å². The first-order valence-electron chi connectivity index (χ1n) is 7.46. The highest BCUT2D eigenvalue weighted by Gasteiger charge is 2.20. The first kappa shape index (κ1) is 14.0. The molecule has 0 radical (unpaired) electrons. The van der Waals surface area contributed by atoms with E-state index in [-0.39, 0.29) is 5.56 Å². The fraction of sp³-hybridized carbons (Fsp3) is 0.533. The van der Waals surface area contributed by atoms with Crippen LogP contribution in [0, 0.1) is 5.92 Å². The molecule has 3 rings (SSSR count). The van der Waals surface area contributed by atoms with Crippen molar-refractivity contribution < 1.29 is 9.90 Å². The number of carboxylic acid groups (broad SMARTS) is 1. The Morgan fingerprint density at radius 2 is 2.14 bits per heavy atom. The highest BCUT2D eigenvalue weighted by Crippen LogP contribution is 2.20. The van der Waals surface area contributed by atoms with E-state index in [4.69, 9.17) is 5.11 Å². The number of hydrogen-bond donors (Lipinski definition) is 1. The van der Waals surface area contributed by atoms with Crippen LogP contribution < -0.4 is 0 Å². The zero-order chi connectivity index (χ0) is 14.8. The van der Waals surface area contributed by atoms with E-state index in [1.54, 1.807) is 16.6 Å². The van der Waals surface area contributed by atoms with Crippen LogP contribution in [-0.4, -0.2) is 50.2 Å². The number of piperidine rings is 1. The summed E-state index contributed by atoms with van der Waals surface area (Å²) in [4.78, 5) is 17.9. The molecule has 1 N–H and O–H groups in total. The van der Waals surface area contributed by atoms with E-state index in [0.717, 1.165) is 31.9 Å². The lowest BCUT2D eigenvalue weighted by atomic mass is 9.93. The average molecular weight is 288 g/mol. The lowest BCUT2D eigenvalue weighted by molar-refractivity contribution is 0.0696. The van der Waals surface area contributed by atoms with Crippen molar-refractivity contribution >= 4 is 11.6 Å². The Kier molecular flexibility index (Phi) is 3.88. The van der Waals surface area contributed by atoms with Gasteiger partial charge in [-0.2, -0.15) is 5.10 Å². The average Bonchev–Trinajstić information content (AvgIpc) is 2.89. The van der Waals surface area contributed by atoms with Crippen molar-refractivity contribution in [2.75, 3.05) is 19.6 Å². The molecule has 0 aliphatic carbocycles. The van der Waals surface area contributed by atoms with Crippen molar-refractivity contribution in [3.05, 3.63) is 29.7 Å². The molecule has 0 bridgehead atoms. The molecule has 112 valence electrons. The number of aromatic nitrogens is 3. The van der Waals surface area contributed by atoms with Gasteiger partial charge in [0.05, 0.1) is 5.56 Å². The Bertz CT molecular complexity index is 644. The third-order valence-corrected chi connectivity index (χ3v) is 4.25. The van der Waals surface area contributed by atoms with Gasteiger partial charge in [-0.05, 0) is 50.5 Å². The van der Waals surface area contributed by atoms with E-state index in [1.165, 1.54) is 19.0 Å². The monoisotopic (exact) mass is 288 g/mol. The third-order valence-electron chi connectivity index (χ3n) is 4.25. The molecule has 0 spiro atoms. The molecule has 2 aromatic heterocycles. The van der Waals surface area contributed by atoms with Crippen LogP contribution in [0.4, 0.5) is 0 Å². The number of likely N-dealkylation sites (tertiary alicyclic amines) is 1. The fourth-order valence-corrected chi connectivity index (χ4v) is 2.91. The summed E-state index contributed by atoms with van der Waals surface area (Å²) in [5.41, 5.74) is 0.941. The summed E-state index contributed by atoms with van der Waals surface area (Å²) in [6.07, 6.45) is 4.77. The normalized spacial score (nSPS) is 17.4. The second-order valence-corrected chi connectivity index (χ2v) is 5.64. The first-order chi connectivity index (χ1) is 10.2. The molecule has 6 heteroatoms. The van der Waals surface area contributed by atoms with Crippen molar-refractivity contribution in [2.24, 2.45) is 5.92 Å². The maximum Gasteiger partial charge on any atom is 0.337 e. The molecule has 3 heterocycles. The van der Waals surface area contributed by atoms with Crippen molar-refractivity contribution in [3.63, 3.8) is 0 Å². The maximum atomic E-state index is 11.0. The Morgan fingerprint density at radius 1 is 1.38 bits per heavy atom. The molecule has 1 fully saturated rings. The van der Waals surface area contributed by atoms with Gasteiger partial charge in [0.25, 0.3) is 0 Å².